The first-order valence-corrected chi connectivity index (χ1v) is 6.38. The van der Waals surface area contributed by atoms with Crippen molar-refractivity contribution >= 4 is 0 Å². The summed E-state index contributed by atoms with van der Waals surface area (Å²) in [5, 5.41) is 17.8. The Labute approximate surface area is 107 Å². The summed E-state index contributed by atoms with van der Waals surface area (Å²) in [6.45, 7) is 3.96. The van der Waals surface area contributed by atoms with Crippen LogP contribution in [0.3, 0.4) is 0 Å². The van der Waals surface area contributed by atoms with Crippen molar-refractivity contribution in [3.05, 3.63) is 52.8 Å². The normalized spacial score (nSPS) is 26.9. The fourth-order valence-corrected chi connectivity index (χ4v) is 3.03. The zero-order chi connectivity index (χ0) is 12.8. The van der Waals surface area contributed by atoms with Crippen molar-refractivity contribution in [1.29, 1.82) is 0 Å². The molecule has 2 aromatic rings. The summed E-state index contributed by atoms with van der Waals surface area (Å²) in [7, 11) is 0. The van der Waals surface area contributed by atoms with Gasteiger partial charge in [-0.15, -0.1) is 0 Å². The van der Waals surface area contributed by atoms with Crippen LogP contribution in [0.2, 0.25) is 0 Å². The molecule has 1 aliphatic rings. The van der Waals surface area contributed by atoms with E-state index in [2.05, 4.69) is 29.3 Å². The molecule has 0 saturated heterocycles. The highest BCUT2D eigenvalue weighted by atomic mass is 16.3. The number of benzene rings is 1. The average Bonchev–Trinajstić information content (AvgIpc) is 2.69. The number of fused-ring (bicyclic) bond motifs is 1. The van der Waals surface area contributed by atoms with E-state index in [4.69, 9.17) is 0 Å². The maximum Gasteiger partial charge on any atom is 0.0691 e. The van der Waals surface area contributed by atoms with E-state index in [9.17, 15) is 5.11 Å². The maximum absolute atomic E-state index is 10.4. The Bertz CT molecular complexity index is 557. The molecule has 3 heteroatoms. The monoisotopic (exact) mass is 242 g/mol. The van der Waals surface area contributed by atoms with Crippen molar-refractivity contribution in [2.45, 2.75) is 38.2 Å². The summed E-state index contributed by atoms with van der Waals surface area (Å²) < 4.78 is 0. The Morgan fingerprint density at radius 3 is 2.78 bits per heavy atom. The van der Waals surface area contributed by atoms with Gasteiger partial charge in [0.15, 0.2) is 0 Å². The summed E-state index contributed by atoms with van der Waals surface area (Å²) in [5.74, 6) is 0.240. The fraction of sp³-hybridized carbons (Fsp3) is 0.400. The third kappa shape index (κ3) is 1.85. The van der Waals surface area contributed by atoms with E-state index in [0.29, 0.717) is 6.42 Å². The predicted octanol–water partition coefficient (Wildman–Crippen LogP) is 2.55. The van der Waals surface area contributed by atoms with E-state index in [-0.39, 0.29) is 5.92 Å². The summed E-state index contributed by atoms with van der Waals surface area (Å²) in [4.78, 5) is 0. The summed E-state index contributed by atoms with van der Waals surface area (Å²) in [5.41, 5.74) is 3.98. The van der Waals surface area contributed by atoms with Crippen LogP contribution in [0.5, 0.6) is 0 Å². The molecule has 0 radical (unpaired) electrons. The van der Waals surface area contributed by atoms with E-state index in [1.165, 1.54) is 11.1 Å². The van der Waals surface area contributed by atoms with E-state index >= 15 is 0 Å². The van der Waals surface area contributed by atoms with Crippen LogP contribution in [0.4, 0.5) is 0 Å². The molecule has 18 heavy (non-hydrogen) atoms. The molecule has 94 valence electrons. The van der Waals surface area contributed by atoms with E-state index in [0.717, 1.165) is 17.8 Å². The Hall–Kier alpha value is -1.61. The van der Waals surface area contributed by atoms with Crippen LogP contribution >= 0.6 is 0 Å². The van der Waals surface area contributed by atoms with Crippen LogP contribution in [0.15, 0.2) is 30.3 Å². The number of aromatic amines is 1. The van der Waals surface area contributed by atoms with Gasteiger partial charge in [-0.3, -0.25) is 5.10 Å². The number of H-pyrrole nitrogens is 1. The first-order valence-electron chi connectivity index (χ1n) is 6.38. The minimum atomic E-state index is -0.671. The van der Waals surface area contributed by atoms with Crippen LogP contribution in [0.1, 0.15) is 41.8 Å². The van der Waals surface area contributed by atoms with Gasteiger partial charge in [-0.25, -0.2) is 0 Å². The van der Waals surface area contributed by atoms with Gasteiger partial charge in [0.05, 0.1) is 11.3 Å². The highest BCUT2D eigenvalue weighted by molar-refractivity contribution is 5.40. The van der Waals surface area contributed by atoms with Gasteiger partial charge < -0.3 is 5.11 Å². The van der Waals surface area contributed by atoms with Crippen molar-refractivity contribution in [1.82, 2.24) is 10.2 Å². The van der Waals surface area contributed by atoms with Crippen molar-refractivity contribution in [2.24, 2.45) is 0 Å². The van der Waals surface area contributed by atoms with Gasteiger partial charge in [0.1, 0.15) is 0 Å². The number of nitrogens with one attached hydrogen (secondary N) is 1. The van der Waals surface area contributed by atoms with Crippen LogP contribution in [-0.4, -0.2) is 20.9 Å². The van der Waals surface area contributed by atoms with Gasteiger partial charge in [-0.05, 0) is 25.8 Å². The van der Waals surface area contributed by atoms with E-state index in [1.54, 1.807) is 0 Å². The lowest BCUT2D eigenvalue weighted by Crippen LogP contribution is -2.34. The van der Waals surface area contributed by atoms with Gasteiger partial charge >= 0.3 is 0 Å². The molecule has 1 aromatic carbocycles. The molecule has 3 rings (SSSR count). The maximum atomic E-state index is 10.4. The van der Waals surface area contributed by atoms with Crippen LogP contribution in [-0.2, 0) is 6.42 Å². The first-order chi connectivity index (χ1) is 8.57. The summed E-state index contributed by atoms with van der Waals surface area (Å²) >= 11 is 0. The molecule has 0 aliphatic heterocycles. The highest BCUT2D eigenvalue weighted by Gasteiger charge is 2.37. The molecule has 0 fully saturated rings. The number of aromatic nitrogens is 2. The minimum absolute atomic E-state index is 0.240. The topological polar surface area (TPSA) is 48.9 Å². The van der Waals surface area contributed by atoms with Gasteiger partial charge in [-0.2, -0.15) is 5.10 Å². The molecule has 2 atom stereocenters. The molecule has 2 N–H and O–H groups in total. The molecule has 0 saturated carbocycles. The smallest absolute Gasteiger partial charge is 0.0691 e. The number of nitrogens with zero attached hydrogens (tertiary/aromatic N) is 1. The van der Waals surface area contributed by atoms with Crippen molar-refractivity contribution in [3.63, 3.8) is 0 Å². The van der Waals surface area contributed by atoms with Gasteiger partial charge in [0.2, 0.25) is 0 Å². The number of aliphatic hydroxyl groups is 1. The average molecular weight is 242 g/mol. The number of aryl methyl sites for hydroxylation is 1. The Kier molecular flexibility index (Phi) is 2.52. The standard InChI is InChI=1S/C15H18N2O/c1-10-14-12(11-6-4-3-5-7-11)8-15(2,18)9-13(14)17-16-10/h3-7,12,18H,8-9H2,1-2H3,(H,16,17). The molecule has 3 nitrogen and oxygen atoms in total. The quantitative estimate of drug-likeness (QED) is 0.807. The lowest BCUT2D eigenvalue weighted by atomic mass is 9.74. The second-order valence-electron chi connectivity index (χ2n) is 5.55. The Morgan fingerprint density at radius 2 is 2.06 bits per heavy atom. The molecule has 1 heterocycles. The first kappa shape index (κ1) is 11.5. The number of rotatable bonds is 1. The van der Waals surface area contributed by atoms with Crippen LogP contribution in [0, 0.1) is 6.92 Å². The van der Waals surface area contributed by atoms with Crippen molar-refractivity contribution in [3.8, 4) is 0 Å². The van der Waals surface area contributed by atoms with Crippen molar-refractivity contribution < 1.29 is 5.11 Å². The van der Waals surface area contributed by atoms with E-state index in [1.807, 2.05) is 25.1 Å². The third-order valence-electron chi connectivity index (χ3n) is 3.82. The molecule has 1 aliphatic carbocycles. The molecule has 2 unspecified atom stereocenters. The Morgan fingerprint density at radius 1 is 1.33 bits per heavy atom. The molecule has 0 bridgehead atoms. The van der Waals surface area contributed by atoms with Crippen LogP contribution in [0.25, 0.3) is 0 Å². The summed E-state index contributed by atoms with van der Waals surface area (Å²) in [6, 6.07) is 10.4. The van der Waals surface area contributed by atoms with Gasteiger partial charge in [0.25, 0.3) is 0 Å². The zero-order valence-electron chi connectivity index (χ0n) is 10.8. The lowest BCUT2D eigenvalue weighted by molar-refractivity contribution is 0.0395. The molecule has 0 amide bonds. The lowest BCUT2D eigenvalue weighted by Gasteiger charge is -2.34. The number of hydrogen-bond donors (Lipinski definition) is 2. The second-order valence-corrected chi connectivity index (χ2v) is 5.55. The van der Waals surface area contributed by atoms with E-state index < -0.39 is 5.60 Å². The third-order valence-corrected chi connectivity index (χ3v) is 3.82. The molecular formula is C15H18N2O. The van der Waals surface area contributed by atoms with Gasteiger partial charge in [0, 0.05) is 23.6 Å². The molecule has 1 aromatic heterocycles. The number of hydrogen-bond acceptors (Lipinski definition) is 2. The fourth-order valence-electron chi connectivity index (χ4n) is 3.03. The second kappa shape index (κ2) is 3.95. The molecular weight excluding hydrogens is 224 g/mol. The molecule has 0 spiro atoms. The minimum Gasteiger partial charge on any atom is -0.390 e. The Balaban J connectivity index is 2.12. The predicted molar refractivity (Wildman–Crippen MR) is 70.6 cm³/mol. The van der Waals surface area contributed by atoms with Crippen LogP contribution < -0.4 is 0 Å². The highest BCUT2D eigenvalue weighted by Crippen LogP contribution is 2.41. The zero-order valence-corrected chi connectivity index (χ0v) is 10.8. The summed E-state index contributed by atoms with van der Waals surface area (Å²) in [6.07, 6.45) is 1.39. The SMILES string of the molecule is Cc1[nH]nc2c1C(c1ccccc1)CC(C)(O)C2. The van der Waals surface area contributed by atoms with Gasteiger partial charge in [-0.1, -0.05) is 30.3 Å². The largest absolute Gasteiger partial charge is 0.390 e. The van der Waals surface area contributed by atoms with Crippen molar-refractivity contribution in [2.75, 3.05) is 0 Å².